The summed E-state index contributed by atoms with van der Waals surface area (Å²) in [5, 5.41) is 12.8. The average molecular weight is 394 g/mol. The van der Waals surface area contributed by atoms with Crippen LogP contribution in [0, 0.1) is 30.6 Å². The number of nitrogens with one attached hydrogen (secondary N) is 1. The van der Waals surface area contributed by atoms with Crippen molar-refractivity contribution < 1.29 is 9.59 Å². The lowest BCUT2D eigenvalue weighted by atomic mass is 9.75. The Bertz CT molecular complexity index is 985. The van der Waals surface area contributed by atoms with Crippen LogP contribution in [0.15, 0.2) is 29.3 Å². The maximum Gasteiger partial charge on any atom is 0.234 e. The predicted molar refractivity (Wildman–Crippen MR) is 111 cm³/mol. The van der Waals surface area contributed by atoms with Crippen LogP contribution in [0.25, 0.3) is 0 Å². The molecule has 1 aliphatic rings. The highest BCUT2D eigenvalue weighted by Gasteiger charge is 2.32. The number of thioether (sulfide) groups is 1. The molecule has 1 aromatic carbocycles. The smallest absolute Gasteiger partial charge is 0.234 e. The van der Waals surface area contributed by atoms with Crippen LogP contribution < -0.4 is 5.32 Å². The van der Waals surface area contributed by atoms with E-state index in [1.54, 1.807) is 6.07 Å². The lowest BCUT2D eigenvalue weighted by Crippen LogP contribution is -2.28. The quantitative estimate of drug-likeness (QED) is 0.776. The summed E-state index contributed by atoms with van der Waals surface area (Å²) < 4.78 is 0. The summed E-state index contributed by atoms with van der Waals surface area (Å²) in [4.78, 5) is 29.3. The SMILES string of the molecule is Cc1cc(C)cc(NC(=O)CSc2nc3c(cc2C#N)C(=O)CC(C)(C)C3)c1. The minimum absolute atomic E-state index is 0.0272. The fraction of sp³-hybridized carbons (Fsp3) is 0.364. The number of rotatable bonds is 4. The summed E-state index contributed by atoms with van der Waals surface area (Å²) >= 11 is 1.22. The Labute approximate surface area is 169 Å². The Hall–Kier alpha value is -2.65. The molecule has 1 aromatic heterocycles. The highest BCUT2D eigenvalue weighted by molar-refractivity contribution is 8.00. The van der Waals surface area contributed by atoms with Gasteiger partial charge in [-0.1, -0.05) is 31.7 Å². The van der Waals surface area contributed by atoms with Gasteiger partial charge in [0.05, 0.1) is 17.0 Å². The van der Waals surface area contributed by atoms with Crippen LogP contribution >= 0.6 is 11.8 Å². The fourth-order valence-corrected chi connectivity index (χ4v) is 4.30. The number of ketones is 1. The van der Waals surface area contributed by atoms with Crippen molar-refractivity contribution in [3.8, 4) is 6.07 Å². The van der Waals surface area contributed by atoms with E-state index in [1.807, 2.05) is 45.9 Å². The van der Waals surface area contributed by atoms with Crippen LogP contribution in [0.4, 0.5) is 5.69 Å². The van der Waals surface area contributed by atoms with E-state index in [9.17, 15) is 14.9 Å². The first-order chi connectivity index (χ1) is 13.2. The number of benzene rings is 1. The summed E-state index contributed by atoms with van der Waals surface area (Å²) in [5.74, 6) is 0.0133. The maximum atomic E-state index is 12.4. The number of hydrogen-bond donors (Lipinski definition) is 1. The van der Waals surface area contributed by atoms with Crippen LogP contribution in [-0.4, -0.2) is 22.4 Å². The van der Waals surface area contributed by atoms with Crippen molar-refractivity contribution in [3.63, 3.8) is 0 Å². The molecular formula is C22H23N3O2S. The van der Waals surface area contributed by atoms with Crippen LogP contribution in [0.2, 0.25) is 0 Å². The number of hydrogen-bond acceptors (Lipinski definition) is 5. The van der Waals surface area contributed by atoms with Gasteiger partial charge in [0.25, 0.3) is 0 Å². The van der Waals surface area contributed by atoms with Gasteiger partial charge >= 0.3 is 0 Å². The number of carbonyl (C=O) groups is 2. The molecule has 3 rings (SSSR count). The molecule has 1 heterocycles. The number of aromatic nitrogens is 1. The lowest BCUT2D eigenvalue weighted by Gasteiger charge is -2.29. The molecule has 1 aliphatic carbocycles. The number of aryl methyl sites for hydroxylation is 2. The van der Waals surface area contributed by atoms with Crippen LogP contribution in [-0.2, 0) is 11.2 Å². The first-order valence-corrected chi connectivity index (χ1v) is 10.1. The van der Waals surface area contributed by atoms with Gasteiger partial charge in [0.2, 0.25) is 5.91 Å². The minimum atomic E-state index is -0.158. The highest BCUT2D eigenvalue weighted by atomic mass is 32.2. The Morgan fingerprint density at radius 1 is 1.21 bits per heavy atom. The zero-order chi connectivity index (χ0) is 20.5. The summed E-state index contributed by atoms with van der Waals surface area (Å²) in [6, 6.07) is 9.62. The Kier molecular flexibility index (Phi) is 5.57. The second-order valence-corrected chi connectivity index (χ2v) is 9.07. The monoisotopic (exact) mass is 393 g/mol. The minimum Gasteiger partial charge on any atom is -0.325 e. The van der Waals surface area contributed by atoms with E-state index in [0.717, 1.165) is 22.5 Å². The Balaban J connectivity index is 1.76. The molecule has 0 radical (unpaired) electrons. The normalized spacial score (nSPS) is 14.9. The van der Waals surface area contributed by atoms with Gasteiger partial charge < -0.3 is 5.32 Å². The first-order valence-electron chi connectivity index (χ1n) is 9.15. The zero-order valence-electron chi connectivity index (χ0n) is 16.5. The molecule has 0 saturated carbocycles. The third-order valence-electron chi connectivity index (χ3n) is 4.62. The highest BCUT2D eigenvalue weighted by Crippen LogP contribution is 2.36. The number of anilines is 1. The van der Waals surface area contributed by atoms with Gasteiger partial charge in [0, 0.05) is 17.7 Å². The predicted octanol–water partition coefficient (Wildman–Crippen LogP) is 4.46. The molecule has 0 fully saturated rings. The molecule has 0 atom stereocenters. The van der Waals surface area contributed by atoms with E-state index in [-0.39, 0.29) is 22.9 Å². The molecule has 0 unspecified atom stereocenters. The molecule has 2 aromatic rings. The van der Waals surface area contributed by atoms with Gasteiger partial charge in [0.15, 0.2) is 5.78 Å². The Morgan fingerprint density at radius 2 is 1.89 bits per heavy atom. The van der Waals surface area contributed by atoms with Gasteiger partial charge in [0.1, 0.15) is 11.1 Å². The van der Waals surface area contributed by atoms with E-state index < -0.39 is 0 Å². The van der Waals surface area contributed by atoms with Crippen molar-refractivity contribution in [1.82, 2.24) is 4.98 Å². The van der Waals surface area contributed by atoms with Crippen molar-refractivity contribution in [2.75, 3.05) is 11.1 Å². The number of pyridine rings is 1. The summed E-state index contributed by atoms with van der Waals surface area (Å²) in [6.45, 7) is 8.04. The van der Waals surface area contributed by atoms with Gasteiger partial charge in [-0.25, -0.2) is 4.98 Å². The third kappa shape index (κ3) is 4.60. The molecule has 1 amide bonds. The number of Topliss-reactive ketones (excluding diaryl/α,β-unsaturated/α-hetero) is 1. The second kappa shape index (κ2) is 7.76. The molecule has 5 nitrogen and oxygen atoms in total. The third-order valence-corrected chi connectivity index (χ3v) is 5.61. The van der Waals surface area contributed by atoms with E-state index in [0.29, 0.717) is 29.0 Å². The van der Waals surface area contributed by atoms with Crippen molar-refractivity contribution in [2.45, 2.75) is 45.6 Å². The lowest BCUT2D eigenvalue weighted by molar-refractivity contribution is -0.113. The number of fused-ring (bicyclic) bond motifs is 1. The number of carbonyl (C=O) groups excluding carboxylic acids is 2. The van der Waals surface area contributed by atoms with Crippen LogP contribution in [0.5, 0.6) is 0 Å². The summed E-state index contributed by atoms with van der Waals surface area (Å²) in [7, 11) is 0. The van der Waals surface area contributed by atoms with Gasteiger partial charge in [-0.3, -0.25) is 9.59 Å². The van der Waals surface area contributed by atoms with Crippen molar-refractivity contribution >= 4 is 29.1 Å². The van der Waals surface area contributed by atoms with E-state index in [4.69, 9.17) is 0 Å². The molecule has 0 saturated heterocycles. The first kappa shape index (κ1) is 20.1. The zero-order valence-corrected chi connectivity index (χ0v) is 17.4. The molecule has 0 spiro atoms. The molecule has 144 valence electrons. The molecule has 6 heteroatoms. The van der Waals surface area contributed by atoms with Crippen LogP contribution in [0.3, 0.4) is 0 Å². The second-order valence-electron chi connectivity index (χ2n) is 8.10. The fourth-order valence-electron chi connectivity index (χ4n) is 3.52. The largest absolute Gasteiger partial charge is 0.325 e. The van der Waals surface area contributed by atoms with Crippen molar-refractivity contribution in [2.24, 2.45) is 5.41 Å². The number of nitrogens with zero attached hydrogens (tertiary/aromatic N) is 2. The average Bonchev–Trinajstić information content (AvgIpc) is 2.57. The molecule has 28 heavy (non-hydrogen) atoms. The van der Waals surface area contributed by atoms with Crippen LogP contribution in [0.1, 0.15) is 53.0 Å². The Morgan fingerprint density at radius 3 is 2.54 bits per heavy atom. The van der Waals surface area contributed by atoms with Crippen molar-refractivity contribution in [3.05, 3.63) is 52.2 Å². The maximum absolute atomic E-state index is 12.4. The summed E-state index contributed by atoms with van der Waals surface area (Å²) in [6.07, 6.45) is 1.14. The molecular weight excluding hydrogens is 370 g/mol. The molecule has 0 aliphatic heterocycles. The molecule has 1 N–H and O–H groups in total. The topological polar surface area (TPSA) is 82.8 Å². The van der Waals surface area contributed by atoms with E-state index in [2.05, 4.69) is 16.4 Å². The van der Waals surface area contributed by atoms with Gasteiger partial charge in [-0.2, -0.15) is 5.26 Å². The van der Waals surface area contributed by atoms with Crippen molar-refractivity contribution in [1.29, 1.82) is 5.26 Å². The summed E-state index contributed by atoms with van der Waals surface area (Å²) in [5.41, 5.74) is 4.38. The van der Waals surface area contributed by atoms with E-state index >= 15 is 0 Å². The molecule has 0 bridgehead atoms. The standard InChI is InChI=1S/C22H23N3O2S/c1-13-5-14(2)7-16(6-13)24-20(27)12-28-21-15(11-23)8-17-18(25-21)9-22(3,4)10-19(17)26/h5-8H,9-10,12H2,1-4H3,(H,24,27). The van der Waals surface area contributed by atoms with Gasteiger partial charge in [-0.15, -0.1) is 0 Å². The number of amides is 1. The van der Waals surface area contributed by atoms with E-state index in [1.165, 1.54) is 11.8 Å². The van der Waals surface area contributed by atoms with Gasteiger partial charge in [-0.05, 0) is 55.0 Å². The number of nitriles is 1.